The minimum Gasteiger partial charge on any atom is -0.330 e. The molecule has 0 aliphatic carbocycles. The molecule has 1 heterocycles. The van der Waals surface area contributed by atoms with Gasteiger partial charge in [0.2, 0.25) is 5.91 Å². The number of aromatic nitrogens is 2. The molecule has 0 aliphatic heterocycles. The van der Waals surface area contributed by atoms with Crippen LogP contribution in [0.15, 0.2) is 18.2 Å². The van der Waals surface area contributed by atoms with Crippen LogP contribution in [0, 0.1) is 0 Å². The van der Waals surface area contributed by atoms with E-state index in [1.807, 2.05) is 29.8 Å². The van der Waals surface area contributed by atoms with Gasteiger partial charge in [-0.05, 0) is 18.2 Å². The lowest BCUT2D eigenvalue weighted by Gasteiger charge is -2.15. The molecule has 1 amide bonds. The summed E-state index contributed by atoms with van der Waals surface area (Å²) in [6, 6.07) is 5.58. The highest BCUT2D eigenvalue weighted by Crippen LogP contribution is 2.19. The smallest absolute Gasteiger partial charge is 0.233 e. The number of hydrazine groups is 1. The van der Waals surface area contributed by atoms with Gasteiger partial charge in [0.25, 0.3) is 0 Å². The molecule has 0 radical (unpaired) electrons. The number of halogens is 1. The molecule has 5 nitrogen and oxygen atoms in total. The second-order valence-corrected chi connectivity index (χ2v) is 4.57. The van der Waals surface area contributed by atoms with Crippen molar-refractivity contribution >= 4 is 28.5 Å². The standard InChI is InChI=1S/C12H15ClN4O/c1-8(18)17(3)14-7-12-15-10-5-4-9(13)6-11(10)16(12)2/h4-6,14H,7H2,1-3H3. The van der Waals surface area contributed by atoms with Crippen LogP contribution in [0.5, 0.6) is 0 Å². The zero-order valence-electron chi connectivity index (χ0n) is 10.6. The summed E-state index contributed by atoms with van der Waals surface area (Å²) >= 11 is 5.96. The van der Waals surface area contributed by atoms with Gasteiger partial charge in [0.1, 0.15) is 5.82 Å². The first-order valence-corrected chi connectivity index (χ1v) is 5.95. The van der Waals surface area contributed by atoms with Crippen molar-refractivity contribution in [2.45, 2.75) is 13.5 Å². The molecule has 96 valence electrons. The van der Waals surface area contributed by atoms with Crippen molar-refractivity contribution in [3.63, 3.8) is 0 Å². The number of benzene rings is 1. The summed E-state index contributed by atoms with van der Waals surface area (Å²) in [7, 11) is 3.61. The van der Waals surface area contributed by atoms with Gasteiger partial charge in [0, 0.05) is 26.0 Å². The van der Waals surface area contributed by atoms with Crippen molar-refractivity contribution in [3.05, 3.63) is 29.0 Å². The van der Waals surface area contributed by atoms with Crippen molar-refractivity contribution in [3.8, 4) is 0 Å². The maximum Gasteiger partial charge on any atom is 0.233 e. The van der Waals surface area contributed by atoms with Crippen LogP contribution in [0.2, 0.25) is 5.02 Å². The van der Waals surface area contributed by atoms with Crippen LogP contribution in [0.25, 0.3) is 11.0 Å². The molecule has 1 aromatic heterocycles. The molecule has 6 heteroatoms. The molecule has 18 heavy (non-hydrogen) atoms. The van der Waals surface area contributed by atoms with Gasteiger partial charge in [-0.2, -0.15) is 0 Å². The van der Waals surface area contributed by atoms with Gasteiger partial charge < -0.3 is 4.57 Å². The predicted molar refractivity (Wildman–Crippen MR) is 71.0 cm³/mol. The topological polar surface area (TPSA) is 50.2 Å². The molecule has 0 saturated heterocycles. The van der Waals surface area contributed by atoms with Crippen LogP contribution < -0.4 is 5.43 Å². The minimum absolute atomic E-state index is 0.0446. The number of nitrogens with zero attached hydrogens (tertiary/aromatic N) is 3. The Morgan fingerprint density at radius 2 is 2.28 bits per heavy atom. The van der Waals surface area contributed by atoms with E-state index in [4.69, 9.17) is 11.6 Å². The summed E-state index contributed by atoms with van der Waals surface area (Å²) in [6.45, 7) is 1.99. The Morgan fingerprint density at radius 1 is 1.56 bits per heavy atom. The summed E-state index contributed by atoms with van der Waals surface area (Å²) in [5, 5.41) is 2.12. The van der Waals surface area contributed by atoms with E-state index in [1.54, 1.807) is 7.05 Å². The lowest BCUT2D eigenvalue weighted by Crippen LogP contribution is -2.38. The number of carbonyl (C=O) groups excluding carboxylic acids is 1. The first-order chi connectivity index (χ1) is 8.49. The highest BCUT2D eigenvalue weighted by atomic mass is 35.5. The van der Waals surface area contributed by atoms with Crippen molar-refractivity contribution in [2.24, 2.45) is 7.05 Å². The zero-order valence-corrected chi connectivity index (χ0v) is 11.3. The summed E-state index contributed by atoms with van der Waals surface area (Å²) in [5.74, 6) is 0.803. The molecule has 0 bridgehead atoms. The Bertz CT molecular complexity index is 593. The van der Waals surface area contributed by atoms with Crippen LogP contribution in [-0.4, -0.2) is 27.5 Å². The Balaban J connectivity index is 2.24. The summed E-state index contributed by atoms with van der Waals surface area (Å²) in [5.41, 5.74) is 4.85. The van der Waals surface area contributed by atoms with Crippen LogP contribution in [0.3, 0.4) is 0 Å². The van der Waals surface area contributed by atoms with Crippen molar-refractivity contribution in [1.82, 2.24) is 20.0 Å². The third-order valence-corrected chi connectivity index (χ3v) is 3.12. The van der Waals surface area contributed by atoms with Gasteiger partial charge in [-0.1, -0.05) is 11.6 Å². The normalized spacial score (nSPS) is 10.9. The molecule has 1 N–H and O–H groups in total. The fourth-order valence-electron chi connectivity index (χ4n) is 1.67. The molecule has 2 rings (SSSR count). The van der Waals surface area contributed by atoms with Gasteiger partial charge in [-0.3, -0.25) is 9.80 Å². The van der Waals surface area contributed by atoms with E-state index in [1.165, 1.54) is 11.9 Å². The molecule has 0 saturated carbocycles. The fourth-order valence-corrected chi connectivity index (χ4v) is 1.84. The van der Waals surface area contributed by atoms with E-state index in [9.17, 15) is 4.79 Å². The van der Waals surface area contributed by atoms with Gasteiger partial charge in [-0.25, -0.2) is 10.4 Å². The summed E-state index contributed by atoms with van der Waals surface area (Å²) in [4.78, 5) is 15.6. The molecule has 1 aromatic carbocycles. The molecule has 0 aliphatic rings. The Kier molecular flexibility index (Phi) is 3.54. The molecule has 0 atom stereocenters. The number of carbonyl (C=O) groups is 1. The van der Waals surface area contributed by atoms with E-state index < -0.39 is 0 Å². The van der Waals surface area contributed by atoms with E-state index in [-0.39, 0.29) is 5.91 Å². The first kappa shape index (κ1) is 12.9. The second kappa shape index (κ2) is 4.96. The highest BCUT2D eigenvalue weighted by molar-refractivity contribution is 6.31. The number of aryl methyl sites for hydroxylation is 1. The Labute approximate surface area is 110 Å². The number of amides is 1. The lowest BCUT2D eigenvalue weighted by molar-refractivity contribution is -0.130. The fraction of sp³-hybridized carbons (Fsp3) is 0.333. The highest BCUT2D eigenvalue weighted by Gasteiger charge is 2.09. The molecule has 0 spiro atoms. The van der Waals surface area contributed by atoms with Gasteiger partial charge in [0.15, 0.2) is 0 Å². The first-order valence-electron chi connectivity index (χ1n) is 5.57. The van der Waals surface area contributed by atoms with Gasteiger partial charge in [-0.15, -0.1) is 0 Å². The van der Waals surface area contributed by atoms with Crippen LogP contribution >= 0.6 is 11.6 Å². The lowest BCUT2D eigenvalue weighted by atomic mass is 10.3. The monoisotopic (exact) mass is 266 g/mol. The third-order valence-electron chi connectivity index (χ3n) is 2.88. The SMILES string of the molecule is CC(=O)N(C)NCc1nc2ccc(Cl)cc2n1C. The van der Waals surface area contributed by atoms with E-state index in [2.05, 4.69) is 10.4 Å². The Hall–Kier alpha value is -1.59. The zero-order chi connectivity index (χ0) is 13.3. The molecule has 0 fully saturated rings. The van der Waals surface area contributed by atoms with Crippen LogP contribution in [-0.2, 0) is 18.4 Å². The number of fused-ring (bicyclic) bond motifs is 1. The van der Waals surface area contributed by atoms with E-state index in [0.29, 0.717) is 11.6 Å². The Morgan fingerprint density at radius 3 is 2.94 bits per heavy atom. The average molecular weight is 267 g/mol. The third kappa shape index (κ3) is 2.47. The van der Waals surface area contributed by atoms with E-state index in [0.717, 1.165) is 16.9 Å². The maximum absolute atomic E-state index is 11.1. The van der Waals surface area contributed by atoms with Gasteiger partial charge in [0.05, 0.1) is 17.6 Å². The van der Waals surface area contributed by atoms with Crippen molar-refractivity contribution in [1.29, 1.82) is 0 Å². The number of hydrogen-bond donors (Lipinski definition) is 1. The molecular weight excluding hydrogens is 252 g/mol. The summed E-state index contributed by atoms with van der Waals surface area (Å²) < 4.78 is 1.96. The quantitative estimate of drug-likeness (QED) is 0.861. The second-order valence-electron chi connectivity index (χ2n) is 4.13. The molecular formula is C12H15ClN4O. The van der Waals surface area contributed by atoms with Crippen LogP contribution in [0.4, 0.5) is 0 Å². The van der Waals surface area contributed by atoms with Crippen molar-refractivity contribution < 1.29 is 4.79 Å². The minimum atomic E-state index is -0.0446. The maximum atomic E-state index is 11.1. The number of rotatable bonds is 3. The van der Waals surface area contributed by atoms with Crippen molar-refractivity contribution in [2.75, 3.05) is 7.05 Å². The molecule has 0 unspecified atom stereocenters. The number of hydrogen-bond acceptors (Lipinski definition) is 3. The predicted octanol–water partition coefficient (Wildman–Crippen LogP) is 1.71. The van der Waals surface area contributed by atoms with Gasteiger partial charge >= 0.3 is 0 Å². The number of imidazole rings is 1. The average Bonchev–Trinajstić information content (AvgIpc) is 2.63. The summed E-state index contributed by atoms with van der Waals surface area (Å²) in [6.07, 6.45) is 0. The molecule has 2 aromatic rings. The number of nitrogens with one attached hydrogen (secondary N) is 1. The van der Waals surface area contributed by atoms with Crippen LogP contribution in [0.1, 0.15) is 12.7 Å². The largest absolute Gasteiger partial charge is 0.330 e. The van der Waals surface area contributed by atoms with E-state index >= 15 is 0 Å².